The molecule has 21 heavy (non-hydrogen) atoms. The molecule has 110 valence electrons. The molecule has 2 N–H and O–H groups in total. The Hall–Kier alpha value is -2.37. The second-order valence-electron chi connectivity index (χ2n) is 5.86. The molecular weight excluding hydrogens is 266 g/mol. The summed E-state index contributed by atoms with van der Waals surface area (Å²) in [5, 5.41) is 0. The first kappa shape index (κ1) is 13.6. The van der Waals surface area contributed by atoms with Crippen LogP contribution in [0.1, 0.15) is 13.8 Å². The number of benzene rings is 1. The first-order valence-electron chi connectivity index (χ1n) is 6.97. The van der Waals surface area contributed by atoms with Gasteiger partial charge in [-0.3, -0.25) is 4.79 Å². The van der Waals surface area contributed by atoms with Crippen molar-refractivity contribution in [3.8, 4) is 0 Å². The highest BCUT2D eigenvalue weighted by molar-refractivity contribution is 5.91. The second-order valence-corrected chi connectivity index (χ2v) is 5.86. The Kier molecular flexibility index (Phi) is 2.97. The third-order valence-electron chi connectivity index (χ3n) is 4.04. The van der Waals surface area contributed by atoms with E-state index in [9.17, 15) is 4.79 Å². The highest BCUT2D eigenvalue weighted by atomic mass is 16.2. The Balaban J connectivity index is 2.11. The Labute approximate surface area is 123 Å². The van der Waals surface area contributed by atoms with Crippen molar-refractivity contribution >= 4 is 28.6 Å². The first-order chi connectivity index (χ1) is 9.91. The third kappa shape index (κ3) is 2.07. The predicted octanol–water partition coefficient (Wildman–Crippen LogP) is 1.27. The van der Waals surface area contributed by atoms with Gasteiger partial charge in [-0.25, -0.2) is 9.97 Å². The SMILES string of the molecule is CN1CCN(c2nc3ccccc3nc2N)C(C)(C)C1=O. The van der Waals surface area contributed by atoms with Crippen LogP contribution in [0, 0.1) is 0 Å². The van der Waals surface area contributed by atoms with Crippen LogP contribution in [0.5, 0.6) is 0 Å². The molecule has 1 aromatic carbocycles. The molecule has 1 aromatic heterocycles. The standard InChI is InChI=1S/C15H19N5O/c1-15(2)14(21)19(3)8-9-20(15)13-12(16)17-10-6-4-5-7-11(10)18-13/h4-7H,8-9H2,1-3H3,(H2,16,17). The van der Waals surface area contributed by atoms with Gasteiger partial charge in [0.2, 0.25) is 5.91 Å². The van der Waals surface area contributed by atoms with E-state index in [1.165, 1.54) is 0 Å². The van der Waals surface area contributed by atoms with Crippen LogP contribution in [-0.2, 0) is 4.79 Å². The van der Waals surface area contributed by atoms with Gasteiger partial charge in [0.15, 0.2) is 11.6 Å². The van der Waals surface area contributed by atoms with Crippen LogP contribution in [0.15, 0.2) is 24.3 Å². The molecule has 1 saturated heterocycles. The van der Waals surface area contributed by atoms with Crippen LogP contribution < -0.4 is 10.6 Å². The van der Waals surface area contributed by atoms with Gasteiger partial charge in [0, 0.05) is 20.1 Å². The fourth-order valence-corrected chi connectivity index (χ4v) is 2.79. The fourth-order valence-electron chi connectivity index (χ4n) is 2.79. The van der Waals surface area contributed by atoms with Gasteiger partial charge in [0.1, 0.15) is 5.54 Å². The number of carbonyl (C=O) groups excluding carboxylic acids is 1. The highest BCUT2D eigenvalue weighted by Gasteiger charge is 2.42. The number of hydrogen-bond acceptors (Lipinski definition) is 5. The van der Waals surface area contributed by atoms with Gasteiger partial charge >= 0.3 is 0 Å². The molecule has 6 heteroatoms. The van der Waals surface area contributed by atoms with Crippen molar-refractivity contribution in [3.63, 3.8) is 0 Å². The highest BCUT2D eigenvalue weighted by Crippen LogP contribution is 2.31. The molecule has 6 nitrogen and oxygen atoms in total. The van der Waals surface area contributed by atoms with Crippen LogP contribution >= 0.6 is 0 Å². The van der Waals surface area contributed by atoms with Gasteiger partial charge in [-0.2, -0.15) is 0 Å². The molecule has 1 aliphatic heterocycles. The van der Waals surface area contributed by atoms with Crippen molar-refractivity contribution < 1.29 is 4.79 Å². The van der Waals surface area contributed by atoms with Crippen molar-refractivity contribution in [2.24, 2.45) is 0 Å². The monoisotopic (exact) mass is 285 g/mol. The molecule has 1 aliphatic rings. The molecule has 0 unspecified atom stereocenters. The van der Waals surface area contributed by atoms with E-state index < -0.39 is 5.54 Å². The van der Waals surface area contributed by atoms with E-state index in [2.05, 4.69) is 9.97 Å². The molecule has 0 aliphatic carbocycles. The summed E-state index contributed by atoms with van der Waals surface area (Å²) >= 11 is 0. The summed E-state index contributed by atoms with van der Waals surface area (Å²) < 4.78 is 0. The second kappa shape index (κ2) is 4.58. The van der Waals surface area contributed by atoms with Gasteiger partial charge < -0.3 is 15.5 Å². The number of amides is 1. The van der Waals surface area contributed by atoms with Crippen LogP contribution in [-0.4, -0.2) is 46.5 Å². The molecule has 1 fully saturated rings. The number of hydrogen-bond donors (Lipinski definition) is 1. The number of likely N-dealkylation sites (N-methyl/N-ethyl adjacent to an activating group) is 1. The molecule has 3 rings (SSSR count). The minimum atomic E-state index is -0.682. The van der Waals surface area contributed by atoms with Gasteiger partial charge in [0.25, 0.3) is 0 Å². The lowest BCUT2D eigenvalue weighted by molar-refractivity contribution is -0.136. The number of aromatic nitrogens is 2. The summed E-state index contributed by atoms with van der Waals surface area (Å²) in [6.45, 7) is 5.12. The minimum Gasteiger partial charge on any atom is -0.381 e. The van der Waals surface area contributed by atoms with Crippen molar-refractivity contribution in [1.29, 1.82) is 0 Å². The molecule has 2 heterocycles. The molecule has 0 bridgehead atoms. The van der Waals surface area contributed by atoms with E-state index >= 15 is 0 Å². The molecule has 0 saturated carbocycles. The van der Waals surface area contributed by atoms with E-state index in [4.69, 9.17) is 5.73 Å². The Morgan fingerprint density at radius 1 is 1.14 bits per heavy atom. The van der Waals surface area contributed by atoms with Gasteiger partial charge in [-0.1, -0.05) is 12.1 Å². The minimum absolute atomic E-state index is 0.0584. The molecule has 0 atom stereocenters. The van der Waals surface area contributed by atoms with Crippen LogP contribution in [0.3, 0.4) is 0 Å². The quantitative estimate of drug-likeness (QED) is 0.854. The molecule has 2 aromatic rings. The third-order valence-corrected chi connectivity index (χ3v) is 4.04. The smallest absolute Gasteiger partial charge is 0.247 e. The van der Waals surface area contributed by atoms with Crippen molar-refractivity contribution in [2.45, 2.75) is 19.4 Å². The average Bonchev–Trinajstić information content (AvgIpc) is 2.45. The number of nitrogens with two attached hydrogens (primary N) is 1. The lowest BCUT2D eigenvalue weighted by atomic mass is 9.98. The number of rotatable bonds is 1. The van der Waals surface area contributed by atoms with Crippen molar-refractivity contribution in [3.05, 3.63) is 24.3 Å². The molecule has 1 amide bonds. The molecule has 0 spiro atoms. The zero-order chi connectivity index (χ0) is 15.2. The number of fused-ring (bicyclic) bond motifs is 1. The van der Waals surface area contributed by atoms with E-state index in [-0.39, 0.29) is 5.91 Å². The zero-order valence-corrected chi connectivity index (χ0v) is 12.5. The van der Waals surface area contributed by atoms with Gasteiger partial charge in [-0.15, -0.1) is 0 Å². The summed E-state index contributed by atoms with van der Waals surface area (Å²) in [6.07, 6.45) is 0. The van der Waals surface area contributed by atoms with E-state index in [0.29, 0.717) is 24.7 Å². The number of piperazine rings is 1. The number of nitrogens with zero attached hydrogens (tertiary/aromatic N) is 4. The maximum Gasteiger partial charge on any atom is 0.247 e. The van der Waals surface area contributed by atoms with Crippen molar-refractivity contribution in [2.75, 3.05) is 30.8 Å². The molecular formula is C15H19N5O. The maximum atomic E-state index is 12.4. The lowest BCUT2D eigenvalue weighted by Crippen LogP contribution is -2.62. The lowest BCUT2D eigenvalue weighted by Gasteiger charge is -2.45. The van der Waals surface area contributed by atoms with E-state index in [0.717, 1.165) is 11.0 Å². The number of nitrogen functional groups attached to an aromatic ring is 1. The Bertz CT molecular complexity index is 712. The molecule has 0 radical (unpaired) electrons. The van der Waals surface area contributed by atoms with Gasteiger partial charge in [-0.05, 0) is 26.0 Å². The predicted molar refractivity (Wildman–Crippen MR) is 83.0 cm³/mol. The van der Waals surface area contributed by atoms with Gasteiger partial charge in [0.05, 0.1) is 11.0 Å². The fraction of sp³-hybridized carbons (Fsp3) is 0.400. The maximum absolute atomic E-state index is 12.4. The summed E-state index contributed by atoms with van der Waals surface area (Å²) in [5.74, 6) is 1.00. The number of para-hydroxylation sites is 2. The summed E-state index contributed by atoms with van der Waals surface area (Å²) in [6, 6.07) is 7.59. The summed E-state index contributed by atoms with van der Waals surface area (Å²) in [5.41, 5.74) is 6.94. The van der Waals surface area contributed by atoms with E-state index in [1.54, 1.807) is 4.90 Å². The first-order valence-corrected chi connectivity index (χ1v) is 6.97. The topological polar surface area (TPSA) is 75.3 Å². The number of anilines is 2. The van der Waals surface area contributed by atoms with Crippen LogP contribution in [0.4, 0.5) is 11.6 Å². The van der Waals surface area contributed by atoms with Crippen molar-refractivity contribution in [1.82, 2.24) is 14.9 Å². The van der Waals surface area contributed by atoms with Crippen LogP contribution in [0.2, 0.25) is 0 Å². The van der Waals surface area contributed by atoms with E-state index in [1.807, 2.05) is 50.1 Å². The average molecular weight is 285 g/mol. The largest absolute Gasteiger partial charge is 0.381 e. The van der Waals surface area contributed by atoms with Crippen LogP contribution in [0.25, 0.3) is 11.0 Å². The Morgan fingerprint density at radius 2 is 1.76 bits per heavy atom. The summed E-state index contributed by atoms with van der Waals surface area (Å²) in [4.78, 5) is 25.1. The normalized spacial score (nSPS) is 18.3. The Morgan fingerprint density at radius 3 is 2.43 bits per heavy atom. The number of carbonyl (C=O) groups is 1. The summed E-state index contributed by atoms with van der Waals surface area (Å²) in [7, 11) is 1.82. The zero-order valence-electron chi connectivity index (χ0n) is 12.5.